The second-order valence-corrected chi connectivity index (χ2v) is 7.62. The normalized spacial score (nSPS) is 11.3. The first kappa shape index (κ1) is 16.4. The van der Waals surface area contributed by atoms with Crippen LogP contribution in [0, 0.1) is 0 Å². The van der Waals surface area contributed by atoms with Gasteiger partial charge < -0.3 is 8.94 Å². The first-order chi connectivity index (χ1) is 12.2. The summed E-state index contributed by atoms with van der Waals surface area (Å²) in [5.74, 6) is 2.78. The summed E-state index contributed by atoms with van der Waals surface area (Å²) >= 11 is 8.99. The molecule has 0 atom stereocenters. The Kier molecular flexibility index (Phi) is 4.65. The standard InChI is InChI=1S/C16H13ClN4O2S2/c1-2-21-15(12-4-3-5-22-12)18-19-16(21)25-9-11-7-13(23-20-11)10-6-14(17)24-8-10/h3-8H,2,9H2,1H3. The second-order valence-electron chi connectivity index (χ2n) is 5.14. The van der Waals surface area contributed by atoms with Crippen LogP contribution >= 0.6 is 34.7 Å². The summed E-state index contributed by atoms with van der Waals surface area (Å²) < 4.78 is 13.6. The summed E-state index contributed by atoms with van der Waals surface area (Å²) in [7, 11) is 0. The van der Waals surface area contributed by atoms with Gasteiger partial charge in [-0.1, -0.05) is 28.5 Å². The summed E-state index contributed by atoms with van der Waals surface area (Å²) in [4.78, 5) is 0. The molecule has 0 aliphatic carbocycles. The number of rotatable bonds is 6. The fourth-order valence-electron chi connectivity index (χ4n) is 2.36. The molecule has 0 bridgehead atoms. The predicted molar refractivity (Wildman–Crippen MR) is 97.8 cm³/mol. The number of thioether (sulfide) groups is 1. The molecular formula is C16H13ClN4O2S2. The van der Waals surface area contributed by atoms with Gasteiger partial charge in [-0.3, -0.25) is 4.57 Å². The molecule has 0 N–H and O–H groups in total. The van der Waals surface area contributed by atoms with E-state index in [0.717, 1.165) is 33.1 Å². The van der Waals surface area contributed by atoms with Gasteiger partial charge in [-0.2, -0.15) is 0 Å². The molecule has 4 aromatic heterocycles. The number of furan rings is 1. The van der Waals surface area contributed by atoms with E-state index in [0.29, 0.717) is 17.3 Å². The number of thiophene rings is 1. The minimum atomic E-state index is 0.637. The van der Waals surface area contributed by atoms with Crippen molar-refractivity contribution in [2.45, 2.75) is 24.4 Å². The van der Waals surface area contributed by atoms with Crippen molar-refractivity contribution >= 4 is 34.7 Å². The molecule has 0 aliphatic rings. The van der Waals surface area contributed by atoms with Crippen LogP contribution in [-0.4, -0.2) is 19.9 Å². The maximum Gasteiger partial charge on any atom is 0.200 e. The Balaban J connectivity index is 1.49. The SMILES string of the molecule is CCn1c(SCc2cc(-c3csc(Cl)c3)on2)nnc1-c1ccco1. The highest BCUT2D eigenvalue weighted by atomic mass is 35.5. The Hall–Kier alpha value is -2.03. The van der Waals surface area contributed by atoms with Crippen molar-refractivity contribution in [1.82, 2.24) is 19.9 Å². The third kappa shape index (κ3) is 3.37. The van der Waals surface area contributed by atoms with Crippen molar-refractivity contribution in [3.05, 3.63) is 45.9 Å². The van der Waals surface area contributed by atoms with Crippen molar-refractivity contribution < 1.29 is 8.94 Å². The number of halogens is 1. The van der Waals surface area contributed by atoms with Crippen LogP contribution in [0.15, 0.2) is 50.0 Å². The zero-order valence-corrected chi connectivity index (χ0v) is 15.6. The van der Waals surface area contributed by atoms with Gasteiger partial charge in [0.15, 0.2) is 22.5 Å². The summed E-state index contributed by atoms with van der Waals surface area (Å²) in [5, 5.41) is 15.4. The molecule has 0 amide bonds. The molecule has 4 rings (SSSR count). The van der Waals surface area contributed by atoms with Crippen LogP contribution in [0.25, 0.3) is 22.9 Å². The molecule has 0 saturated carbocycles. The summed E-state index contributed by atoms with van der Waals surface area (Å²) in [6.07, 6.45) is 1.63. The molecule has 25 heavy (non-hydrogen) atoms. The zero-order chi connectivity index (χ0) is 17.2. The molecule has 9 heteroatoms. The minimum Gasteiger partial charge on any atom is -0.461 e. The fraction of sp³-hybridized carbons (Fsp3) is 0.188. The average molecular weight is 393 g/mol. The molecule has 0 aromatic carbocycles. The molecule has 128 valence electrons. The van der Waals surface area contributed by atoms with E-state index in [1.807, 2.05) is 41.1 Å². The van der Waals surface area contributed by atoms with Gasteiger partial charge >= 0.3 is 0 Å². The summed E-state index contributed by atoms with van der Waals surface area (Å²) in [6, 6.07) is 7.50. The van der Waals surface area contributed by atoms with E-state index in [9.17, 15) is 0 Å². The third-order valence-electron chi connectivity index (χ3n) is 3.53. The van der Waals surface area contributed by atoms with Crippen molar-refractivity contribution in [2.24, 2.45) is 0 Å². The van der Waals surface area contributed by atoms with Crippen LogP contribution in [0.1, 0.15) is 12.6 Å². The van der Waals surface area contributed by atoms with E-state index in [2.05, 4.69) is 15.4 Å². The fourth-order valence-corrected chi connectivity index (χ4v) is 4.12. The van der Waals surface area contributed by atoms with E-state index >= 15 is 0 Å². The van der Waals surface area contributed by atoms with E-state index in [1.165, 1.54) is 11.3 Å². The number of nitrogens with zero attached hydrogens (tertiary/aromatic N) is 4. The highest BCUT2D eigenvalue weighted by Gasteiger charge is 2.16. The van der Waals surface area contributed by atoms with E-state index in [-0.39, 0.29) is 0 Å². The van der Waals surface area contributed by atoms with Crippen LogP contribution in [0.3, 0.4) is 0 Å². The lowest BCUT2D eigenvalue weighted by molar-refractivity contribution is 0.426. The van der Waals surface area contributed by atoms with Crippen molar-refractivity contribution in [2.75, 3.05) is 0 Å². The van der Waals surface area contributed by atoms with Gasteiger partial charge in [0, 0.05) is 29.3 Å². The lowest BCUT2D eigenvalue weighted by atomic mass is 10.2. The Morgan fingerprint density at radius 3 is 2.92 bits per heavy atom. The Morgan fingerprint density at radius 1 is 1.28 bits per heavy atom. The molecule has 0 unspecified atom stereocenters. The third-order valence-corrected chi connectivity index (χ3v) is 5.63. The summed E-state index contributed by atoms with van der Waals surface area (Å²) in [5.41, 5.74) is 1.78. The largest absolute Gasteiger partial charge is 0.461 e. The van der Waals surface area contributed by atoms with E-state index in [4.69, 9.17) is 20.5 Å². The highest BCUT2D eigenvalue weighted by molar-refractivity contribution is 7.98. The van der Waals surface area contributed by atoms with Crippen LogP contribution in [-0.2, 0) is 12.3 Å². The lowest BCUT2D eigenvalue weighted by Gasteiger charge is -2.04. The number of hydrogen-bond acceptors (Lipinski definition) is 7. The first-order valence-corrected chi connectivity index (χ1v) is 9.78. The predicted octanol–water partition coefficient (Wildman–Crippen LogP) is 5.22. The van der Waals surface area contributed by atoms with Gasteiger partial charge in [0.2, 0.25) is 0 Å². The van der Waals surface area contributed by atoms with Gasteiger partial charge in [-0.05, 0) is 25.1 Å². The van der Waals surface area contributed by atoms with Gasteiger partial charge in [0.05, 0.1) is 16.3 Å². The molecule has 0 spiro atoms. The molecule has 0 radical (unpaired) electrons. The van der Waals surface area contributed by atoms with Crippen LogP contribution in [0.2, 0.25) is 4.34 Å². The smallest absolute Gasteiger partial charge is 0.200 e. The molecule has 0 fully saturated rings. The van der Waals surface area contributed by atoms with Crippen molar-refractivity contribution in [3.63, 3.8) is 0 Å². The van der Waals surface area contributed by atoms with Crippen LogP contribution in [0.5, 0.6) is 0 Å². The number of aromatic nitrogens is 4. The highest BCUT2D eigenvalue weighted by Crippen LogP contribution is 2.31. The molecule has 0 aliphatic heterocycles. The van der Waals surface area contributed by atoms with Crippen molar-refractivity contribution in [3.8, 4) is 22.9 Å². The van der Waals surface area contributed by atoms with Gasteiger partial charge in [0.1, 0.15) is 0 Å². The van der Waals surface area contributed by atoms with Crippen molar-refractivity contribution in [1.29, 1.82) is 0 Å². The monoisotopic (exact) mass is 392 g/mol. The molecule has 4 heterocycles. The maximum absolute atomic E-state index is 5.96. The quantitative estimate of drug-likeness (QED) is 0.419. The Labute approximate surface area is 156 Å². The molecule has 6 nitrogen and oxygen atoms in total. The van der Waals surface area contributed by atoms with Crippen LogP contribution in [0.4, 0.5) is 0 Å². The van der Waals surface area contributed by atoms with E-state index in [1.54, 1.807) is 18.0 Å². The first-order valence-electron chi connectivity index (χ1n) is 7.54. The lowest BCUT2D eigenvalue weighted by Crippen LogP contribution is -1.99. The zero-order valence-electron chi connectivity index (χ0n) is 13.2. The van der Waals surface area contributed by atoms with E-state index < -0.39 is 0 Å². The summed E-state index contributed by atoms with van der Waals surface area (Å²) in [6.45, 7) is 2.80. The van der Waals surface area contributed by atoms with Gasteiger partial charge in [-0.15, -0.1) is 21.5 Å². The molecule has 0 saturated heterocycles. The maximum atomic E-state index is 5.96. The van der Waals surface area contributed by atoms with Crippen LogP contribution < -0.4 is 0 Å². The minimum absolute atomic E-state index is 0.637. The Bertz CT molecular complexity index is 974. The molecule has 4 aromatic rings. The average Bonchev–Trinajstić information content (AvgIpc) is 3.38. The second kappa shape index (κ2) is 7.07. The topological polar surface area (TPSA) is 69.9 Å². The number of hydrogen-bond donors (Lipinski definition) is 0. The van der Waals surface area contributed by atoms with Gasteiger partial charge in [0.25, 0.3) is 0 Å². The molecular weight excluding hydrogens is 380 g/mol. The Morgan fingerprint density at radius 2 is 2.20 bits per heavy atom. The van der Waals surface area contributed by atoms with Gasteiger partial charge in [-0.25, -0.2) is 0 Å².